The van der Waals surface area contributed by atoms with Gasteiger partial charge in [-0.05, 0) is 40.7 Å². The van der Waals surface area contributed by atoms with Crippen molar-refractivity contribution in [3.8, 4) is 0 Å². The molecule has 1 aliphatic heterocycles. The molecule has 29 heavy (non-hydrogen) atoms. The number of rotatable bonds is 2. The van der Waals surface area contributed by atoms with Crippen LogP contribution in [-0.2, 0) is 5.54 Å². The Morgan fingerprint density at radius 2 is 1.86 bits per heavy atom. The third-order valence-corrected chi connectivity index (χ3v) is 5.20. The molecular weight excluding hydrogens is 372 g/mol. The van der Waals surface area contributed by atoms with Gasteiger partial charge in [-0.1, -0.05) is 0 Å². The summed E-state index contributed by atoms with van der Waals surface area (Å²) in [5.41, 5.74) is 0.687. The maximum atomic E-state index is 12.8. The van der Waals surface area contributed by atoms with E-state index in [0.717, 1.165) is 5.76 Å². The topological polar surface area (TPSA) is 100 Å². The summed E-state index contributed by atoms with van der Waals surface area (Å²) < 4.78 is 7.25. The van der Waals surface area contributed by atoms with Gasteiger partial charge in [-0.2, -0.15) is 10.1 Å². The number of amides is 1. The molecule has 0 saturated carbocycles. The number of anilines is 1. The zero-order valence-electron chi connectivity index (χ0n) is 17.4. The fourth-order valence-corrected chi connectivity index (χ4v) is 3.68. The van der Waals surface area contributed by atoms with Crippen LogP contribution in [0.5, 0.6) is 0 Å². The van der Waals surface area contributed by atoms with Crippen LogP contribution in [0.3, 0.4) is 0 Å². The maximum Gasteiger partial charge on any atom is 0.263 e. The largest absolute Gasteiger partial charge is 0.466 e. The first-order chi connectivity index (χ1) is 13.6. The number of aryl methyl sites for hydroxylation is 2. The van der Waals surface area contributed by atoms with Crippen LogP contribution in [0.25, 0.3) is 11.0 Å². The molecule has 0 spiro atoms. The number of aromatic amines is 1. The number of nitrogens with one attached hydrogen (secondary N) is 1. The van der Waals surface area contributed by atoms with Crippen LogP contribution in [0.15, 0.2) is 21.5 Å². The first-order valence-electron chi connectivity index (χ1n) is 9.75. The Morgan fingerprint density at radius 1 is 1.17 bits per heavy atom. The van der Waals surface area contributed by atoms with Crippen molar-refractivity contribution < 1.29 is 9.21 Å². The summed E-state index contributed by atoms with van der Waals surface area (Å²) in [5.74, 6) is 1.86. The van der Waals surface area contributed by atoms with Gasteiger partial charge < -0.3 is 14.2 Å². The minimum atomic E-state index is -0.286. The lowest BCUT2D eigenvalue weighted by molar-refractivity contribution is 0.0744. The van der Waals surface area contributed by atoms with E-state index in [1.807, 2.05) is 37.5 Å². The Kier molecular flexibility index (Phi) is 4.48. The van der Waals surface area contributed by atoms with Gasteiger partial charge in [0.25, 0.3) is 11.5 Å². The van der Waals surface area contributed by atoms with Crippen molar-refractivity contribution in [2.24, 2.45) is 0 Å². The molecule has 0 bridgehead atoms. The molecule has 1 fully saturated rings. The van der Waals surface area contributed by atoms with Crippen molar-refractivity contribution in [3.63, 3.8) is 0 Å². The van der Waals surface area contributed by atoms with Crippen molar-refractivity contribution >= 4 is 22.9 Å². The molecule has 4 heterocycles. The molecule has 9 heteroatoms. The molecule has 0 atom stereocenters. The molecule has 9 nitrogen and oxygen atoms in total. The highest BCUT2D eigenvalue weighted by molar-refractivity contribution is 5.95. The highest BCUT2D eigenvalue weighted by Crippen LogP contribution is 2.21. The van der Waals surface area contributed by atoms with E-state index < -0.39 is 0 Å². The Balaban J connectivity index is 1.55. The van der Waals surface area contributed by atoms with Crippen LogP contribution in [0, 0.1) is 13.8 Å². The van der Waals surface area contributed by atoms with Crippen LogP contribution in [0.2, 0.25) is 0 Å². The van der Waals surface area contributed by atoms with Gasteiger partial charge in [0.15, 0.2) is 5.65 Å². The lowest BCUT2D eigenvalue weighted by atomic mass is 10.1. The number of furan rings is 1. The molecule has 1 N–H and O–H groups in total. The number of piperazine rings is 1. The molecule has 4 rings (SSSR count). The fourth-order valence-electron chi connectivity index (χ4n) is 3.68. The highest BCUT2D eigenvalue weighted by atomic mass is 16.3. The quantitative estimate of drug-likeness (QED) is 0.709. The lowest BCUT2D eigenvalue weighted by Crippen LogP contribution is -2.49. The Bertz CT molecular complexity index is 1130. The average Bonchev–Trinajstić information content (AvgIpc) is 3.24. The standard InChI is InChI=1S/C20H26N6O3/c1-12-10-14(13(2)29-12)18(28)24-6-8-25(9-7-24)19-22-16-15(17(27)23-19)11-21-26(16)20(3,4)5/h10-11H,6-9H2,1-5H3,(H,22,23,27). The van der Waals surface area contributed by atoms with Gasteiger partial charge in [0.1, 0.15) is 16.9 Å². The monoisotopic (exact) mass is 398 g/mol. The second kappa shape index (κ2) is 6.75. The van der Waals surface area contributed by atoms with Gasteiger partial charge in [-0.25, -0.2) is 4.68 Å². The van der Waals surface area contributed by atoms with Gasteiger partial charge in [0, 0.05) is 26.2 Å². The normalized spacial score (nSPS) is 15.3. The first kappa shape index (κ1) is 19.2. The number of carbonyl (C=O) groups is 1. The second-order valence-corrected chi connectivity index (χ2v) is 8.46. The van der Waals surface area contributed by atoms with E-state index in [1.165, 1.54) is 0 Å². The zero-order chi connectivity index (χ0) is 20.9. The van der Waals surface area contributed by atoms with E-state index in [0.29, 0.717) is 54.5 Å². The van der Waals surface area contributed by atoms with Crippen molar-refractivity contribution in [2.45, 2.75) is 40.2 Å². The van der Waals surface area contributed by atoms with Crippen molar-refractivity contribution in [2.75, 3.05) is 31.1 Å². The van der Waals surface area contributed by atoms with Crippen LogP contribution in [-0.4, -0.2) is 56.7 Å². The highest BCUT2D eigenvalue weighted by Gasteiger charge is 2.27. The molecule has 3 aromatic rings. The van der Waals surface area contributed by atoms with Crippen molar-refractivity contribution in [3.05, 3.63) is 39.7 Å². The summed E-state index contributed by atoms with van der Waals surface area (Å²) in [6.45, 7) is 12.0. The third kappa shape index (κ3) is 3.41. The molecule has 3 aromatic heterocycles. The fraction of sp³-hybridized carbons (Fsp3) is 0.500. The molecule has 0 aliphatic carbocycles. The Hall–Kier alpha value is -3.10. The minimum absolute atomic E-state index is 0.0262. The molecule has 1 amide bonds. The van der Waals surface area contributed by atoms with E-state index in [1.54, 1.807) is 23.9 Å². The molecule has 1 saturated heterocycles. The number of nitrogens with zero attached hydrogens (tertiary/aromatic N) is 5. The van der Waals surface area contributed by atoms with E-state index in [9.17, 15) is 9.59 Å². The smallest absolute Gasteiger partial charge is 0.263 e. The van der Waals surface area contributed by atoms with Gasteiger partial charge in [-0.3, -0.25) is 14.6 Å². The first-order valence-corrected chi connectivity index (χ1v) is 9.75. The van der Waals surface area contributed by atoms with Crippen LogP contribution < -0.4 is 10.5 Å². The molecule has 0 radical (unpaired) electrons. The number of carbonyl (C=O) groups excluding carboxylic acids is 1. The second-order valence-electron chi connectivity index (χ2n) is 8.46. The van der Waals surface area contributed by atoms with E-state index in [4.69, 9.17) is 4.42 Å². The number of aromatic nitrogens is 4. The average molecular weight is 398 g/mol. The molecule has 0 unspecified atom stereocenters. The number of fused-ring (bicyclic) bond motifs is 1. The van der Waals surface area contributed by atoms with Gasteiger partial charge in [0.2, 0.25) is 5.95 Å². The predicted octanol–water partition coefficient (Wildman–Crippen LogP) is 2.05. The molecular formula is C20H26N6O3. The molecule has 154 valence electrons. The number of hydrogen-bond donors (Lipinski definition) is 1. The summed E-state index contributed by atoms with van der Waals surface area (Å²) in [5, 5.41) is 4.82. The zero-order valence-corrected chi connectivity index (χ0v) is 17.4. The maximum absolute atomic E-state index is 12.8. The van der Waals surface area contributed by atoms with Crippen LogP contribution in [0.4, 0.5) is 5.95 Å². The summed E-state index contributed by atoms with van der Waals surface area (Å²) in [6, 6.07) is 1.78. The summed E-state index contributed by atoms with van der Waals surface area (Å²) in [7, 11) is 0. The van der Waals surface area contributed by atoms with Gasteiger partial charge in [-0.15, -0.1) is 0 Å². The van der Waals surface area contributed by atoms with E-state index in [2.05, 4.69) is 15.1 Å². The van der Waals surface area contributed by atoms with Crippen molar-refractivity contribution in [1.82, 2.24) is 24.6 Å². The summed E-state index contributed by atoms with van der Waals surface area (Å²) >= 11 is 0. The van der Waals surface area contributed by atoms with Gasteiger partial charge in [0.05, 0.1) is 17.3 Å². The van der Waals surface area contributed by atoms with Crippen LogP contribution in [0.1, 0.15) is 42.6 Å². The predicted molar refractivity (Wildman–Crippen MR) is 109 cm³/mol. The minimum Gasteiger partial charge on any atom is -0.466 e. The Morgan fingerprint density at radius 3 is 2.45 bits per heavy atom. The molecule has 1 aliphatic rings. The number of hydrogen-bond acceptors (Lipinski definition) is 6. The van der Waals surface area contributed by atoms with E-state index in [-0.39, 0.29) is 17.0 Å². The lowest BCUT2D eigenvalue weighted by Gasteiger charge is -2.35. The van der Waals surface area contributed by atoms with Crippen LogP contribution >= 0.6 is 0 Å². The summed E-state index contributed by atoms with van der Waals surface area (Å²) in [4.78, 5) is 36.7. The van der Waals surface area contributed by atoms with Crippen molar-refractivity contribution in [1.29, 1.82) is 0 Å². The number of H-pyrrole nitrogens is 1. The third-order valence-electron chi connectivity index (χ3n) is 5.20. The SMILES string of the molecule is Cc1cc(C(=O)N2CCN(c3nc4c(cnn4C(C)(C)C)c(=O)[nH]3)CC2)c(C)o1. The van der Waals surface area contributed by atoms with E-state index >= 15 is 0 Å². The Labute approximate surface area is 168 Å². The molecule has 0 aromatic carbocycles. The summed E-state index contributed by atoms with van der Waals surface area (Å²) in [6.07, 6.45) is 1.56. The van der Waals surface area contributed by atoms with Gasteiger partial charge >= 0.3 is 0 Å².